The SMILES string of the molecule is CC1=C[C@@H](O)C[C@@H](F)Cc2nc(co2)C(=O)N2CCC[C@@H]2C(=O)O[C@H](C(C)C)[C@H](CC(=O)NCCn2cc(-c3cccnc3)nn2)/C=C/C(=O)NCC=C1. The molecule has 2 aliphatic rings. The topological polar surface area (TPSA) is 195 Å². The van der Waals surface area contributed by atoms with Crippen molar-refractivity contribution in [3.63, 3.8) is 0 Å². The number of alkyl halides is 1. The quantitative estimate of drug-likeness (QED) is 0.301. The molecule has 3 aromatic heterocycles. The Morgan fingerprint density at radius 3 is 2.81 bits per heavy atom. The van der Waals surface area contributed by atoms with Gasteiger partial charge in [-0.15, -0.1) is 5.10 Å². The minimum absolute atomic E-state index is 0.00495. The van der Waals surface area contributed by atoms with Crippen LogP contribution in [0.15, 0.2) is 77.4 Å². The summed E-state index contributed by atoms with van der Waals surface area (Å²) in [5.74, 6) is -2.96. The number of aliphatic hydroxyl groups is 1. The van der Waals surface area contributed by atoms with Crippen molar-refractivity contribution in [2.45, 2.75) is 83.8 Å². The number of ether oxygens (including phenoxy) is 1. The second kappa shape index (κ2) is 19.0. The number of amides is 3. The largest absolute Gasteiger partial charge is 0.460 e. The molecule has 5 heterocycles. The van der Waals surface area contributed by atoms with Crippen molar-refractivity contribution in [1.82, 2.24) is 40.5 Å². The molecule has 0 radical (unpaired) electrons. The number of esters is 1. The van der Waals surface area contributed by atoms with Crippen LogP contribution in [0.1, 0.15) is 62.8 Å². The van der Waals surface area contributed by atoms with Crippen LogP contribution in [0.4, 0.5) is 4.39 Å². The van der Waals surface area contributed by atoms with Crippen molar-refractivity contribution in [1.29, 1.82) is 0 Å². The number of aliphatic hydroxyl groups excluding tert-OH is 1. The van der Waals surface area contributed by atoms with Crippen molar-refractivity contribution < 1.29 is 37.8 Å². The molecule has 1 fully saturated rings. The maximum atomic E-state index is 14.8. The molecule has 3 N–H and O–H groups in total. The molecule has 0 spiro atoms. The van der Waals surface area contributed by atoms with E-state index >= 15 is 0 Å². The molecule has 0 unspecified atom stereocenters. The van der Waals surface area contributed by atoms with Crippen LogP contribution in [0.25, 0.3) is 11.3 Å². The van der Waals surface area contributed by atoms with Gasteiger partial charge in [0.15, 0.2) is 11.6 Å². The Morgan fingerprint density at radius 2 is 2.04 bits per heavy atom. The van der Waals surface area contributed by atoms with Gasteiger partial charge in [-0.05, 0) is 43.9 Å². The molecular weight excluding hydrogens is 699 g/mol. The first kappa shape index (κ1) is 39.7. The summed E-state index contributed by atoms with van der Waals surface area (Å²) >= 11 is 0. The predicted molar refractivity (Wildman–Crippen MR) is 194 cm³/mol. The highest BCUT2D eigenvalue weighted by Crippen LogP contribution is 2.27. The zero-order chi connectivity index (χ0) is 38.6. The van der Waals surface area contributed by atoms with Gasteiger partial charge < -0.3 is 29.8 Å². The molecule has 2 bridgehead atoms. The van der Waals surface area contributed by atoms with E-state index in [9.17, 15) is 28.7 Å². The van der Waals surface area contributed by atoms with E-state index in [1.54, 1.807) is 54.5 Å². The standard InChI is InChI=1S/C38H47FN8O7/c1-24(2)36-26(18-34(50)42-14-16-46-22-30(44-45-46)27-8-5-12-40-21-27)10-11-33(49)41-13-4-7-25(3)17-29(48)19-28(39)20-35-43-31(23-53-35)37(51)47-15-6-9-32(47)38(52)54-36/h4-5,7-8,10-12,17,21-24,26,28-29,32,36,48H,6,9,13-16,18-20H2,1-3H3,(H,41,49)(H,42,50)/b7-4?,11-10+,25-17?/t26-,28+,29+,32+,36+/m0/s1. The molecule has 54 heavy (non-hydrogen) atoms. The Hall–Kier alpha value is -5.51. The summed E-state index contributed by atoms with van der Waals surface area (Å²) in [6, 6.07) is 2.75. The summed E-state index contributed by atoms with van der Waals surface area (Å²) in [7, 11) is 0. The fourth-order valence-electron chi connectivity index (χ4n) is 6.42. The number of carbonyl (C=O) groups excluding carboxylic acids is 4. The van der Waals surface area contributed by atoms with Crippen LogP contribution in [0.3, 0.4) is 0 Å². The van der Waals surface area contributed by atoms with Crippen LogP contribution in [0.2, 0.25) is 0 Å². The number of hydrogen-bond acceptors (Lipinski definition) is 11. The number of aromatic nitrogens is 5. The van der Waals surface area contributed by atoms with Crippen molar-refractivity contribution in [3.05, 3.63) is 84.5 Å². The second-order valence-corrected chi connectivity index (χ2v) is 13.8. The van der Waals surface area contributed by atoms with Crippen LogP contribution in [-0.2, 0) is 32.1 Å². The van der Waals surface area contributed by atoms with Gasteiger partial charge in [0.25, 0.3) is 5.91 Å². The first-order valence-electron chi connectivity index (χ1n) is 18.1. The fourth-order valence-corrected chi connectivity index (χ4v) is 6.42. The third-order valence-corrected chi connectivity index (χ3v) is 9.09. The summed E-state index contributed by atoms with van der Waals surface area (Å²) in [5, 5.41) is 24.3. The van der Waals surface area contributed by atoms with E-state index in [1.807, 2.05) is 19.9 Å². The summed E-state index contributed by atoms with van der Waals surface area (Å²) < 4.78 is 27.9. The monoisotopic (exact) mass is 746 g/mol. The Bertz CT molecular complexity index is 1840. The Kier molecular flexibility index (Phi) is 14.0. The van der Waals surface area contributed by atoms with Crippen LogP contribution >= 0.6 is 0 Å². The number of fused-ring (bicyclic) bond motifs is 3. The number of rotatable bonds is 7. The van der Waals surface area contributed by atoms with E-state index in [1.165, 1.54) is 17.1 Å². The minimum Gasteiger partial charge on any atom is -0.460 e. The van der Waals surface area contributed by atoms with Gasteiger partial charge in [-0.3, -0.25) is 24.0 Å². The van der Waals surface area contributed by atoms with Crippen molar-refractivity contribution in [2.24, 2.45) is 11.8 Å². The molecule has 3 amide bonds. The molecule has 5 atom stereocenters. The Labute approximate surface area is 312 Å². The Balaban J connectivity index is 1.32. The van der Waals surface area contributed by atoms with Gasteiger partial charge in [0.2, 0.25) is 11.8 Å². The van der Waals surface area contributed by atoms with E-state index in [0.29, 0.717) is 30.7 Å². The molecular formula is C38H47FN8O7. The molecule has 15 nitrogen and oxygen atoms in total. The first-order valence-corrected chi connectivity index (χ1v) is 18.1. The van der Waals surface area contributed by atoms with Gasteiger partial charge in [0, 0.05) is 56.4 Å². The molecule has 0 aromatic carbocycles. The van der Waals surface area contributed by atoms with Gasteiger partial charge in [-0.2, -0.15) is 0 Å². The number of oxazole rings is 1. The average Bonchev–Trinajstić information content (AvgIpc) is 3.92. The number of pyridine rings is 1. The van der Waals surface area contributed by atoms with Crippen LogP contribution in [0.5, 0.6) is 0 Å². The Morgan fingerprint density at radius 1 is 1.20 bits per heavy atom. The zero-order valence-corrected chi connectivity index (χ0v) is 30.6. The van der Waals surface area contributed by atoms with E-state index in [2.05, 4.69) is 30.9 Å². The molecule has 2 aliphatic heterocycles. The summed E-state index contributed by atoms with van der Waals surface area (Å²) in [6.45, 7) is 6.44. The summed E-state index contributed by atoms with van der Waals surface area (Å²) in [6.07, 6.45) is 10.9. The maximum Gasteiger partial charge on any atom is 0.329 e. The molecule has 0 aliphatic carbocycles. The lowest BCUT2D eigenvalue weighted by molar-refractivity contribution is -0.159. The lowest BCUT2D eigenvalue weighted by atomic mass is 9.89. The summed E-state index contributed by atoms with van der Waals surface area (Å²) in [4.78, 5) is 63.1. The molecule has 0 saturated carbocycles. The number of halogens is 1. The number of nitrogens with zero attached hydrogens (tertiary/aromatic N) is 6. The highest BCUT2D eigenvalue weighted by molar-refractivity contribution is 5.95. The average molecular weight is 747 g/mol. The normalized spacial score (nSPS) is 24.0. The number of nitrogens with one attached hydrogen (secondary N) is 2. The van der Waals surface area contributed by atoms with Crippen molar-refractivity contribution >= 4 is 23.7 Å². The predicted octanol–water partition coefficient (Wildman–Crippen LogP) is 3.14. The third-order valence-electron chi connectivity index (χ3n) is 9.09. The van der Waals surface area contributed by atoms with E-state index in [4.69, 9.17) is 9.15 Å². The number of carbonyl (C=O) groups is 4. The van der Waals surface area contributed by atoms with Gasteiger partial charge in [-0.1, -0.05) is 48.9 Å². The van der Waals surface area contributed by atoms with Crippen LogP contribution in [-0.4, -0.2) is 103 Å². The van der Waals surface area contributed by atoms with Crippen LogP contribution in [0, 0.1) is 11.8 Å². The molecule has 288 valence electrons. The number of cyclic esters (lactones) is 1. The summed E-state index contributed by atoms with van der Waals surface area (Å²) in [5.41, 5.74) is 2.05. The molecule has 3 aromatic rings. The number of hydrogen-bond donors (Lipinski definition) is 3. The van der Waals surface area contributed by atoms with Gasteiger partial charge >= 0.3 is 5.97 Å². The van der Waals surface area contributed by atoms with Crippen molar-refractivity contribution in [2.75, 3.05) is 19.6 Å². The lowest BCUT2D eigenvalue weighted by Gasteiger charge is -2.30. The van der Waals surface area contributed by atoms with Gasteiger partial charge in [-0.25, -0.2) is 14.2 Å². The van der Waals surface area contributed by atoms with E-state index < -0.39 is 48.1 Å². The lowest BCUT2D eigenvalue weighted by Crippen LogP contribution is -2.44. The van der Waals surface area contributed by atoms with E-state index in [0.717, 1.165) is 11.8 Å². The van der Waals surface area contributed by atoms with Crippen LogP contribution < -0.4 is 10.6 Å². The maximum absolute atomic E-state index is 14.8. The smallest absolute Gasteiger partial charge is 0.329 e. The van der Waals surface area contributed by atoms with Gasteiger partial charge in [0.05, 0.1) is 25.3 Å². The molecule has 16 heteroatoms. The first-order chi connectivity index (χ1) is 26.0. The molecule has 5 rings (SSSR count). The zero-order valence-electron chi connectivity index (χ0n) is 30.6. The third kappa shape index (κ3) is 11.2. The second-order valence-electron chi connectivity index (χ2n) is 13.8. The minimum atomic E-state index is -1.50. The van der Waals surface area contributed by atoms with Crippen molar-refractivity contribution in [3.8, 4) is 11.3 Å². The van der Waals surface area contributed by atoms with E-state index in [-0.39, 0.29) is 62.3 Å². The molecule has 1 saturated heterocycles. The number of allylic oxidation sites excluding steroid dienone is 2. The highest BCUT2D eigenvalue weighted by Gasteiger charge is 2.39. The fraction of sp³-hybridized carbons (Fsp3) is 0.474. The highest BCUT2D eigenvalue weighted by atomic mass is 19.1. The van der Waals surface area contributed by atoms with Gasteiger partial charge in [0.1, 0.15) is 30.3 Å².